The third kappa shape index (κ3) is 5.69. The van der Waals surface area contributed by atoms with E-state index in [2.05, 4.69) is 267 Å². The SMILES string of the molecule is c1ccc(N2c3ccccc3B3c4cc5c6cc7c(cc6n(-c6ccccn6)c5cc4N(c4ccccc4)c4cccc2c43)N(c2ccccc2)c2cccc3c2B7c2ccccc2N3c2ccccc2)cc1. The van der Waals surface area contributed by atoms with Crippen LogP contribution in [0.2, 0.25) is 0 Å². The minimum absolute atomic E-state index is 0.0372. The summed E-state index contributed by atoms with van der Waals surface area (Å²) in [5.74, 6) is 0.875. The lowest BCUT2D eigenvalue weighted by Crippen LogP contribution is -2.61. The van der Waals surface area contributed by atoms with Crippen LogP contribution in [0.25, 0.3) is 27.6 Å². The summed E-state index contributed by atoms with van der Waals surface area (Å²) < 4.78 is 2.41. The summed E-state index contributed by atoms with van der Waals surface area (Å²) in [7, 11) is 0. The van der Waals surface area contributed by atoms with Gasteiger partial charge in [-0.15, -0.1) is 0 Å². The summed E-state index contributed by atoms with van der Waals surface area (Å²) in [6, 6.07) is 91.5. The minimum Gasteiger partial charge on any atom is -0.311 e. The molecule has 2 aromatic heterocycles. The molecule has 0 fully saturated rings. The van der Waals surface area contributed by atoms with E-state index in [-0.39, 0.29) is 13.4 Å². The average molecular weight is 929 g/mol. The molecule has 0 amide bonds. The molecular weight excluding hydrogens is 886 g/mol. The molecule has 4 aliphatic rings. The summed E-state index contributed by atoms with van der Waals surface area (Å²) in [6.45, 7) is -0.0744. The van der Waals surface area contributed by atoms with E-state index in [1.807, 2.05) is 12.3 Å². The Labute approximate surface area is 424 Å². The highest BCUT2D eigenvalue weighted by atomic mass is 15.2. The molecule has 73 heavy (non-hydrogen) atoms. The number of aromatic nitrogens is 2. The topological polar surface area (TPSA) is 30.8 Å². The second-order valence-electron chi connectivity index (χ2n) is 19.5. The zero-order valence-electron chi connectivity index (χ0n) is 39.6. The number of fused-ring (bicyclic) bond motifs is 11. The number of rotatable bonds is 5. The van der Waals surface area contributed by atoms with Crippen LogP contribution >= 0.6 is 0 Å². The fraction of sp³-hybridized carbons (Fsp3) is 0. The van der Waals surface area contributed by atoms with Crippen LogP contribution in [-0.4, -0.2) is 23.0 Å². The Morgan fingerprint density at radius 3 is 1.00 bits per heavy atom. The molecule has 0 N–H and O–H groups in total. The maximum Gasteiger partial charge on any atom is 0.252 e. The molecule has 0 radical (unpaired) electrons. The van der Waals surface area contributed by atoms with E-state index in [1.165, 1.54) is 77.7 Å². The van der Waals surface area contributed by atoms with Gasteiger partial charge in [0.2, 0.25) is 0 Å². The molecule has 0 atom stereocenters. The summed E-state index contributed by atoms with van der Waals surface area (Å²) in [6.07, 6.45) is 1.92. The number of nitrogens with zero attached hydrogens (tertiary/aromatic N) is 6. The Kier molecular flexibility index (Phi) is 8.54. The Balaban J connectivity index is 1.02. The Morgan fingerprint density at radius 1 is 0.274 bits per heavy atom. The summed E-state index contributed by atoms with van der Waals surface area (Å²) in [5.41, 5.74) is 23.9. The van der Waals surface area contributed by atoms with E-state index >= 15 is 0 Å². The lowest BCUT2D eigenvalue weighted by Gasteiger charge is -2.44. The number of anilines is 12. The van der Waals surface area contributed by atoms with Crippen LogP contribution in [0.3, 0.4) is 0 Å². The van der Waals surface area contributed by atoms with Crippen molar-refractivity contribution in [3.8, 4) is 5.82 Å². The first kappa shape index (κ1) is 40.2. The Morgan fingerprint density at radius 2 is 0.616 bits per heavy atom. The lowest BCUT2D eigenvalue weighted by atomic mass is 9.33. The third-order valence-corrected chi connectivity index (χ3v) is 15.7. The van der Waals surface area contributed by atoms with Gasteiger partial charge in [0.05, 0.1) is 11.0 Å². The first-order chi connectivity index (χ1) is 36.3. The van der Waals surface area contributed by atoms with Crippen molar-refractivity contribution < 1.29 is 0 Å². The van der Waals surface area contributed by atoms with Crippen molar-refractivity contribution >= 4 is 136 Å². The number of pyridine rings is 1. The van der Waals surface area contributed by atoms with E-state index < -0.39 is 0 Å². The van der Waals surface area contributed by atoms with Crippen LogP contribution in [-0.2, 0) is 0 Å². The number of para-hydroxylation sites is 6. The zero-order valence-corrected chi connectivity index (χ0v) is 39.6. The van der Waals surface area contributed by atoms with Gasteiger partial charge < -0.3 is 19.6 Å². The fourth-order valence-corrected chi connectivity index (χ4v) is 12.9. The maximum absolute atomic E-state index is 5.13. The van der Waals surface area contributed by atoms with Crippen molar-refractivity contribution in [2.24, 2.45) is 0 Å². The van der Waals surface area contributed by atoms with Gasteiger partial charge in [-0.2, -0.15) is 0 Å². The van der Waals surface area contributed by atoms with Crippen molar-refractivity contribution in [2.45, 2.75) is 0 Å². The second kappa shape index (κ2) is 15.5. The van der Waals surface area contributed by atoms with Gasteiger partial charge in [0.25, 0.3) is 13.4 Å². The highest BCUT2D eigenvalue weighted by Gasteiger charge is 2.46. The maximum atomic E-state index is 5.13. The summed E-state index contributed by atoms with van der Waals surface area (Å²) >= 11 is 0. The van der Waals surface area contributed by atoms with Crippen molar-refractivity contribution in [1.82, 2.24) is 9.55 Å². The number of hydrogen-bond acceptors (Lipinski definition) is 5. The normalized spacial score (nSPS) is 13.6. The fourth-order valence-electron chi connectivity index (χ4n) is 12.9. The molecule has 6 nitrogen and oxygen atoms in total. The standard InChI is InChI=1S/C65H42B2N6/c1-5-21-43(22-6-1)69-53-31-15-13-29-49(53)66-51-39-47-48-40-52-62(42-60(48)73(63-37-17-18-38-68-63)59(47)41-61(51)71(45-25-9-3-10-26-45)57-35-19-33-55(69)64(57)66)72(46-27-11-4-12-28-46)58-36-20-34-56-65(58)67(52)50-30-14-16-32-54(50)70(56)44-23-7-2-8-24-44/h1-42H. The van der Waals surface area contributed by atoms with Crippen molar-refractivity contribution in [3.05, 3.63) is 255 Å². The third-order valence-electron chi connectivity index (χ3n) is 15.7. The predicted octanol–water partition coefficient (Wildman–Crippen LogP) is 12.3. The zero-order chi connectivity index (χ0) is 47.7. The van der Waals surface area contributed by atoms with Crippen LogP contribution < -0.4 is 52.4 Å². The molecule has 12 aromatic rings. The molecule has 0 unspecified atom stereocenters. The molecule has 0 bridgehead atoms. The molecular formula is C65H42B2N6. The highest BCUT2D eigenvalue weighted by molar-refractivity contribution is 7.01. The second-order valence-corrected chi connectivity index (χ2v) is 19.5. The molecule has 338 valence electrons. The monoisotopic (exact) mass is 928 g/mol. The van der Waals surface area contributed by atoms with Gasteiger partial charge >= 0.3 is 0 Å². The van der Waals surface area contributed by atoms with E-state index in [1.54, 1.807) is 0 Å². The first-order valence-corrected chi connectivity index (χ1v) is 25.2. The van der Waals surface area contributed by atoms with Crippen LogP contribution in [0.1, 0.15) is 0 Å². The molecule has 0 spiro atoms. The number of hydrogen-bond donors (Lipinski definition) is 0. The van der Waals surface area contributed by atoms with Gasteiger partial charge in [0, 0.05) is 85.2 Å². The van der Waals surface area contributed by atoms with Gasteiger partial charge in [-0.05, 0) is 142 Å². The minimum atomic E-state index is -0.0372. The van der Waals surface area contributed by atoms with E-state index in [4.69, 9.17) is 4.98 Å². The van der Waals surface area contributed by atoms with Gasteiger partial charge in [-0.3, -0.25) is 4.57 Å². The molecule has 0 aliphatic carbocycles. The summed E-state index contributed by atoms with van der Waals surface area (Å²) in [5, 5.41) is 2.39. The average Bonchev–Trinajstić information content (AvgIpc) is 3.77. The van der Waals surface area contributed by atoms with Gasteiger partial charge in [0.15, 0.2) is 0 Å². The lowest BCUT2D eigenvalue weighted by molar-refractivity contribution is 1.08. The molecule has 10 aromatic carbocycles. The Bertz CT molecular complexity index is 3940. The van der Waals surface area contributed by atoms with E-state index in [9.17, 15) is 0 Å². The molecule has 6 heterocycles. The van der Waals surface area contributed by atoms with E-state index in [0.717, 1.165) is 51.0 Å². The quantitative estimate of drug-likeness (QED) is 0.161. The van der Waals surface area contributed by atoms with Crippen LogP contribution in [0.5, 0.6) is 0 Å². The first-order valence-electron chi connectivity index (χ1n) is 25.2. The highest BCUT2D eigenvalue weighted by Crippen LogP contribution is 2.48. The van der Waals surface area contributed by atoms with Gasteiger partial charge in [-0.25, -0.2) is 4.98 Å². The van der Waals surface area contributed by atoms with Crippen LogP contribution in [0.15, 0.2) is 255 Å². The number of benzene rings is 10. The van der Waals surface area contributed by atoms with E-state index in [0.29, 0.717) is 0 Å². The Hall–Kier alpha value is -9.52. The largest absolute Gasteiger partial charge is 0.311 e. The van der Waals surface area contributed by atoms with Crippen molar-refractivity contribution in [1.29, 1.82) is 0 Å². The molecule has 4 aliphatic heterocycles. The molecule has 0 saturated heterocycles. The van der Waals surface area contributed by atoms with Crippen molar-refractivity contribution in [2.75, 3.05) is 19.6 Å². The molecule has 8 heteroatoms. The predicted molar refractivity (Wildman–Crippen MR) is 307 cm³/mol. The summed E-state index contributed by atoms with van der Waals surface area (Å²) in [4.78, 5) is 15.1. The molecule has 16 rings (SSSR count). The van der Waals surface area contributed by atoms with Crippen LogP contribution in [0, 0.1) is 0 Å². The van der Waals surface area contributed by atoms with Crippen molar-refractivity contribution in [3.63, 3.8) is 0 Å². The van der Waals surface area contributed by atoms with Gasteiger partial charge in [0.1, 0.15) is 5.82 Å². The van der Waals surface area contributed by atoms with Gasteiger partial charge in [-0.1, -0.05) is 140 Å². The van der Waals surface area contributed by atoms with Crippen LogP contribution in [0.4, 0.5) is 68.2 Å². The molecule has 0 saturated carbocycles. The smallest absolute Gasteiger partial charge is 0.252 e.